The van der Waals surface area contributed by atoms with Gasteiger partial charge in [-0.1, -0.05) is 54.1 Å². The quantitative estimate of drug-likeness (QED) is 0.339. The molecule has 0 amide bonds. The van der Waals surface area contributed by atoms with Crippen LogP contribution in [0.2, 0.25) is 0 Å². The minimum absolute atomic E-state index is 0.117. The summed E-state index contributed by atoms with van der Waals surface area (Å²) in [5, 5.41) is 0. The Balaban J connectivity index is 1.69. The summed E-state index contributed by atoms with van der Waals surface area (Å²) in [6, 6.07) is 13.7. The lowest BCUT2D eigenvalue weighted by Crippen LogP contribution is -2.54. The van der Waals surface area contributed by atoms with E-state index in [-0.39, 0.29) is 11.4 Å². The van der Waals surface area contributed by atoms with Gasteiger partial charge in [0.15, 0.2) is 0 Å². The van der Waals surface area contributed by atoms with E-state index in [1.165, 1.54) is 12.1 Å². The van der Waals surface area contributed by atoms with Gasteiger partial charge in [-0.25, -0.2) is 0 Å². The molecule has 0 aromatic heterocycles. The average Bonchev–Trinajstić information content (AvgIpc) is 3.34. The van der Waals surface area contributed by atoms with E-state index in [0.29, 0.717) is 35.4 Å². The normalized spacial score (nSPS) is 15.5. The number of nitrogens with zero attached hydrogens (tertiary/aromatic N) is 2. The van der Waals surface area contributed by atoms with Gasteiger partial charge in [0.25, 0.3) is 0 Å². The maximum atomic E-state index is 14.6. The highest BCUT2D eigenvalue weighted by molar-refractivity contribution is 6.06. The van der Waals surface area contributed by atoms with Crippen LogP contribution in [0.4, 0.5) is 37.7 Å². The molecule has 0 saturated heterocycles. The molecule has 180 valence electrons. The van der Waals surface area contributed by atoms with Crippen LogP contribution >= 0.6 is 0 Å². The van der Waals surface area contributed by atoms with Crippen molar-refractivity contribution in [1.82, 2.24) is 0 Å². The predicted molar refractivity (Wildman–Crippen MR) is 123 cm³/mol. The van der Waals surface area contributed by atoms with E-state index >= 15 is 0 Å². The highest BCUT2D eigenvalue weighted by atomic mass is 19.4. The molecule has 0 unspecified atom stereocenters. The summed E-state index contributed by atoms with van der Waals surface area (Å²) in [4.78, 5) is 8.56. The number of fused-ring (bicyclic) bond motifs is 2. The third-order valence-electron chi connectivity index (χ3n) is 6.64. The zero-order valence-electron chi connectivity index (χ0n) is 18.8. The summed E-state index contributed by atoms with van der Waals surface area (Å²) >= 11 is 0. The third-order valence-corrected chi connectivity index (χ3v) is 6.64. The van der Waals surface area contributed by atoms with Gasteiger partial charge in [-0.05, 0) is 53.8 Å². The van der Waals surface area contributed by atoms with E-state index in [9.17, 15) is 26.3 Å². The molecule has 2 aliphatic heterocycles. The van der Waals surface area contributed by atoms with Crippen molar-refractivity contribution in [2.24, 2.45) is 9.98 Å². The molecule has 0 spiro atoms. The van der Waals surface area contributed by atoms with Crippen LogP contribution in [-0.2, 0) is 18.3 Å². The van der Waals surface area contributed by atoms with E-state index in [1.54, 1.807) is 6.92 Å². The van der Waals surface area contributed by atoms with Crippen LogP contribution in [0.5, 0.6) is 0 Å². The summed E-state index contributed by atoms with van der Waals surface area (Å²) in [6.45, 7) is 3.60. The molecule has 0 radical (unpaired) electrons. The second kappa shape index (κ2) is 7.80. The van der Waals surface area contributed by atoms with Gasteiger partial charge in [0.2, 0.25) is 5.41 Å². The van der Waals surface area contributed by atoms with E-state index in [1.807, 2.05) is 31.2 Å². The van der Waals surface area contributed by atoms with Crippen LogP contribution in [0, 0.1) is 6.92 Å². The first-order valence-corrected chi connectivity index (χ1v) is 11.0. The van der Waals surface area contributed by atoms with Crippen molar-refractivity contribution in [2.45, 2.75) is 44.5 Å². The summed E-state index contributed by atoms with van der Waals surface area (Å²) in [5.74, 6) is 0. The van der Waals surface area contributed by atoms with Crippen LogP contribution in [0.3, 0.4) is 0 Å². The molecule has 8 heteroatoms. The van der Waals surface area contributed by atoms with Gasteiger partial charge in [0.05, 0.1) is 17.1 Å². The van der Waals surface area contributed by atoms with Crippen molar-refractivity contribution in [3.63, 3.8) is 0 Å². The molecule has 0 atom stereocenters. The molecule has 0 aliphatic carbocycles. The Kier molecular flexibility index (Phi) is 5.20. The first kappa shape index (κ1) is 23.3. The largest absolute Gasteiger partial charge is 0.411 e. The number of rotatable bonds is 3. The predicted octanol–water partition coefficient (Wildman–Crippen LogP) is 7.73. The van der Waals surface area contributed by atoms with Gasteiger partial charge < -0.3 is 0 Å². The smallest absolute Gasteiger partial charge is 0.257 e. The zero-order chi connectivity index (χ0) is 25.2. The first-order valence-electron chi connectivity index (χ1n) is 11.0. The van der Waals surface area contributed by atoms with Crippen LogP contribution in [0.25, 0.3) is 0 Å². The van der Waals surface area contributed by atoms with Gasteiger partial charge >= 0.3 is 12.4 Å². The Morgan fingerprint density at radius 3 is 1.69 bits per heavy atom. The van der Waals surface area contributed by atoms with Crippen molar-refractivity contribution >= 4 is 22.8 Å². The summed E-state index contributed by atoms with van der Waals surface area (Å²) in [5.41, 5.74) is -1.56. The molecule has 2 nitrogen and oxygen atoms in total. The van der Waals surface area contributed by atoms with E-state index in [4.69, 9.17) is 0 Å². The number of halogens is 6. The molecule has 0 saturated carbocycles. The minimum Gasteiger partial charge on any atom is -0.257 e. The lowest BCUT2D eigenvalue weighted by atomic mass is 9.72. The molecule has 5 rings (SSSR count). The van der Waals surface area contributed by atoms with E-state index in [2.05, 4.69) is 9.98 Å². The summed E-state index contributed by atoms with van der Waals surface area (Å²) in [6.07, 6.45) is -10.6. The number of benzene rings is 3. The summed E-state index contributed by atoms with van der Waals surface area (Å²) < 4.78 is 87.7. The fraction of sp³-hybridized carbons (Fsp3) is 0.259. The molecule has 2 aliphatic rings. The second-order valence-electron chi connectivity index (χ2n) is 9.06. The van der Waals surface area contributed by atoms with Crippen LogP contribution < -0.4 is 0 Å². The van der Waals surface area contributed by atoms with Crippen LogP contribution in [-0.4, -0.2) is 23.8 Å². The third kappa shape index (κ3) is 3.66. The van der Waals surface area contributed by atoms with E-state index in [0.717, 1.165) is 35.4 Å². The van der Waals surface area contributed by atoms with E-state index < -0.39 is 28.9 Å². The molecule has 0 fully saturated rings. The monoisotopic (exact) mass is 486 g/mol. The first-order chi connectivity index (χ1) is 16.4. The van der Waals surface area contributed by atoms with Crippen molar-refractivity contribution in [3.8, 4) is 0 Å². The van der Waals surface area contributed by atoms with Crippen molar-refractivity contribution < 1.29 is 26.3 Å². The number of hydrogen-bond acceptors (Lipinski definition) is 2. The number of aryl methyl sites for hydroxylation is 1. The Bertz CT molecular complexity index is 1360. The standard InChI is InChI=1S/C27H20F6N2/c1-15-3-5-17(6-4-15)22-12-19-8-10-21(14-24(19)35-22)25(26(28,29)30,27(31,32)33)20-9-7-18-11-16(2)34-23(18)13-20/h3-10,13-14H,11-12H2,1-2H3. The van der Waals surface area contributed by atoms with Gasteiger partial charge in [-0.3, -0.25) is 9.98 Å². The Labute approximate surface area is 198 Å². The van der Waals surface area contributed by atoms with Crippen LogP contribution in [0.15, 0.2) is 70.6 Å². The molecule has 0 bridgehead atoms. The Morgan fingerprint density at radius 1 is 0.629 bits per heavy atom. The summed E-state index contributed by atoms with van der Waals surface area (Å²) in [7, 11) is 0. The lowest BCUT2D eigenvalue weighted by molar-refractivity contribution is -0.288. The number of alkyl halides is 6. The van der Waals surface area contributed by atoms with Crippen LogP contribution in [0.1, 0.15) is 40.3 Å². The fourth-order valence-electron chi connectivity index (χ4n) is 4.88. The molecule has 35 heavy (non-hydrogen) atoms. The van der Waals surface area contributed by atoms with Gasteiger partial charge in [0, 0.05) is 18.6 Å². The van der Waals surface area contributed by atoms with Crippen molar-refractivity contribution in [2.75, 3.05) is 0 Å². The lowest BCUT2D eigenvalue weighted by Gasteiger charge is -2.38. The SMILES string of the molecule is CC1=Nc2cc(C(c3ccc4c(c3)N=C(c3ccc(C)cc3)C4)(C(F)(F)F)C(F)(F)F)ccc2C1. The minimum atomic E-state index is -5.66. The Hall–Kier alpha value is -3.42. The molecule has 0 N–H and O–H groups in total. The zero-order valence-corrected chi connectivity index (χ0v) is 18.8. The highest BCUT2D eigenvalue weighted by Gasteiger charge is 2.72. The molecular formula is C27H20F6N2. The van der Waals surface area contributed by atoms with Gasteiger partial charge in [-0.15, -0.1) is 0 Å². The molecule has 3 aromatic rings. The van der Waals surface area contributed by atoms with Gasteiger partial charge in [-0.2, -0.15) is 26.3 Å². The topological polar surface area (TPSA) is 24.7 Å². The maximum absolute atomic E-state index is 14.6. The Morgan fingerprint density at radius 2 is 1.14 bits per heavy atom. The number of hydrogen-bond donors (Lipinski definition) is 0. The highest BCUT2D eigenvalue weighted by Crippen LogP contribution is 2.57. The molecule has 2 heterocycles. The van der Waals surface area contributed by atoms with Gasteiger partial charge in [0.1, 0.15) is 0 Å². The molecular weight excluding hydrogens is 466 g/mol. The maximum Gasteiger partial charge on any atom is 0.411 e. The molecule has 3 aromatic carbocycles. The van der Waals surface area contributed by atoms with Crippen molar-refractivity contribution in [1.29, 1.82) is 0 Å². The number of aliphatic imine (C=N–C) groups is 2. The second-order valence-corrected chi connectivity index (χ2v) is 9.06. The fourth-order valence-corrected chi connectivity index (χ4v) is 4.88. The van der Waals surface area contributed by atoms with Crippen molar-refractivity contribution in [3.05, 3.63) is 94.0 Å². The average molecular weight is 486 g/mol.